The third-order valence-electron chi connectivity index (χ3n) is 3.19. The summed E-state index contributed by atoms with van der Waals surface area (Å²) in [7, 11) is -4.40. The lowest BCUT2D eigenvalue weighted by Crippen LogP contribution is -2.46. The summed E-state index contributed by atoms with van der Waals surface area (Å²) in [4.78, 5) is 0. The van der Waals surface area contributed by atoms with E-state index in [2.05, 4.69) is 0 Å². The molecule has 1 heterocycles. The fourth-order valence-electron chi connectivity index (χ4n) is 2.15. The number of nitrogens with zero attached hydrogens (tertiary/aromatic N) is 1. The summed E-state index contributed by atoms with van der Waals surface area (Å²) in [5, 5.41) is 0. The molecule has 0 saturated carbocycles. The second-order valence-electron chi connectivity index (χ2n) is 4.97. The monoisotopic (exact) mass is 285 g/mol. The number of rotatable bonds is 3. The Labute approximate surface area is 110 Å². The molecule has 1 aliphatic heterocycles. The molecule has 1 unspecified atom stereocenters. The third-order valence-corrected chi connectivity index (χ3v) is 4.65. The van der Waals surface area contributed by atoms with Crippen LogP contribution in [-0.2, 0) is 10.0 Å². The normalized spacial score (nSPS) is 26.1. The number of hydrogen-bond acceptors (Lipinski definition) is 2. The highest BCUT2D eigenvalue weighted by atomic mass is 32.2. The van der Waals surface area contributed by atoms with Crippen LogP contribution in [0.3, 0.4) is 0 Å². The first-order valence-electron chi connectivity index (χ1n) is 6.52. The van der Waals surface area contributed by atoms with Gasteiger partial charge in [-0.2, -0.15) is 13.1 Å². The van der Waals surface area contributed by atoms with E-state index < -0.39 is 15.8 Å². The zero-order valence-corrected chi connectivity index (χ0v) is 12.7. The van der Waals surface area contributed by atoms with Crippen molar-refractivity contribution in [1.29, 1.82) is 0 Å². The predicted octanol–water partition coefficient (Wildman–Crippen LogP) is 3.18. The molecule has 0 aromatic rings. The molecule has 0 aliphatic carbocycles. The van der Waals surface area contributed by atoms with Crippen molar-refractivity contribution in [3.05, 3.63) is 0 Å². The standard InChI is InChI=1S/C10H19F2NO2S.C2H6/c1-7(2)9-4-8(3)5-13(6-9)16(14,15)10(11)12;1-2/h7-10H,4-6H2,1-3H3;1-2H3/t8-,9?;/m0./s1. The van der Waals surface area contributed by atoms with Crippen molar-refractivity contribution in [3.63, 3.8) is 0 Å². The second kappa shape index (κ2) is 7.38. The van der Waals surface area contributed by atoms with Crippen molar-refractivity contribution >= 4 is 10.0 Å². The van der Waals surface area contributed by atoms with E-state index in [9.17, 15) is 17.2 Å². The van der Waals surface area contributed by atoms with Crippen LogP contribution in [0.2, 0.25) is 0 Å². The van der Waals surface area contributed by atoms with Crippen LogP contribution in [0.1, 0.15) is 41.0 Å². The summed E-state index contributed by atoms with van der Waals surface area (Å²) in [6.07, 6.45) is 0.910. The molecule has 0 bridgehead atoms. The van der Waals surface area contributed by atoms with Crippen molar-refractivity contribution in [2.45, 2.75) is 46.8 Å². The van der Waals surface area contributed by atoms with Gasteiger partial charge in [-0.25, -0.2) is 8.42 Å². The van der Waals surface area contributed by atoms with Crippen LogP contribution in [-0.4, -0.2) is 31.6 Å². The molecule has 1 fully saturated rings. The summed E-state index contributed by atoms with van der Waals surface area (Å²) in [5.74, 6) is -2.66. The highest BCUT2D eigenvalue weighted by molar-refractivity contribution is 7.89. The average molecular weight is 285 g/mol. The Morgan fingerprint density at radius 2 is 1.67 bits per heavy atom. The van der Waals surface area contributed by atoms with Crippen LogP contribution >= 0.6 is 0 Å². The molecule has 2 atom stereocenters. The van der Waals surface area contributed by atoms with Crippen molar-refractivity contribution in [2.75, 3.05) is 13.1 Å². The van der Waals surface area contributed by atoms with Gasteiger partial charge in [0, 0.05) is 13.1 Å². The molecule has 0 spiro atoms. The first kappa shape index (κ1) is 17.8. The zero-order chi connectivity index (χ0) is 14.5. The lowest BCUT2D eigenvalue weighted by atomic mass is 9.84. The Hall–Kier alpha value is -0.230. The molecule has 0 radical (unpaired) electrons. The quantitative estimate of drug-likeness (QED) is 0.798. The van der Waals surface area contributed by atoms with Gasteiger partial charge in [0.2, 0.25) is 0 Å². The van der Waals surface area contributed by atoms with Crippen LogP contribution in [0.4, 0.5) is 8.78 Å². The second-order valence-corrected chi connectivity index (χ2v) is 6.87. The lowest BCUT2D eigenvalue weighted by molar-refractivity contribution is 0.154. The van der Waals surface area contributed by atoms with Crippen LogP contribution in [0.15, 0.2) is 0 Å². The number of alkyl halides is 2. The van der Waals surface area contributed by atoms with E-state index in [-0.39, 0.29) is 24.9 Å². The van der Waals surface area contributed by atoms with Crippen molar-refractivity contribution in [2.24, 2.45) is 17.8 Å². The fourth-order valence-corrected chi connectivity index (χ4v) is 3.24. The third kappa shape index (κ3) is 4.46. The number of hydrogen-bond donors (Lipinski definition) is 0. The Kier molecular flexibility index (Phi) is 7.29. The molecule has 1 rings (SSSR count). The van der Waals surface area contributed by atoms with Gasteiger partial charge in [-0.1, -0.05) is 34.6 Å². The van der Waals surface area contributed by atoms with Gasteiger partial charge in [-0.3, -0.25) is 0 Å². The molecule has 0 aromatic heterocycles. The SMILES string of the molecule is CC.CC(C)C1C[C@H](C)CN(S(=O)(=O)C(F)F)C1. The van der Waals surface area contributed by atoms with E-state index in [1.54, 1.807) is 0 Å². The first-order valence-corrected chi connectivity index (χ1v) is 8.02. The molecular weight excluding hydrogens is 260 g/mol. The van der Waals surface area contributed by atoms with E-state index in [4.69, 9.17) is 0 Å². The Morgan fingerprint density at radius 3 is 2.06 bits per heavy atom. The molecule has 110 valence electrons. The predicted molar refractivity (Wildman–Crippen MR) is 70.0 cm³/mol. The minimum absolute atomic E-state index is 0.148. The molecule has 1 aliphatic rings. The topological polar surface area (TPSA) is 37.4 Å². The minimum atomic E-state index is -4.40. The highest BCUT2D eigenvalue weighted by Gasteiger charge is 2.38. The van der Waals surface area contributed by atoms with Crippen LogP contribution < -0.4 is 0 Å². The van der Waals surface area contributed by atoms with Crippen LogP contribution in [0.25, 0.3) is 0 Å². The van der Waals surface area contributed by atoms with E-state index in [1.807, 2.05) is 34.6 Å². The Morgan fingerprint density at radius 1 is 1.17 bits per heavy atom. The van der Waals surface area contributed by atoms with Gasteiger partial charge in [-0.15, -0.1) is 0 Å². The van der Waals surface area contributed by atoms with Crippen molar-refractivity contribution < 1.29 is 17.2 Å². The smallest absolute Gasteiger partial charge is 0.206 e. The van der Waals surface area contributed by atoms with Gasteiger partial charge >= 0.3 is 5.76 Å². The Balaban J connectivity index is 0.00000137. The summed E-state index contributed by atoms with van der Waals surface area (Å²) in [5.41, 5.74) is 0. The van der Waals surface area contributed by atoms with Gasteiger partial charge in [-0.05, 0) is 24.2 Å². The Bertz CT molecular complexity index is 331. The summed E-state index contributed by atoms with van der Waals surface area (Å²) in [6, 6.07) is 0. The van der Waals surface area contributed by atoms with Gasteiger partial charge in [0.15, 0.2) is 0 Å². The summed E-state index contributed by atoms with van der Waals surface area (Å²) >= 11 is 0. The maximum absolute atomic E-state index is 12.4. The number of sulfonamides is 1. The van der Waals surface area contributed by atoms with Crippen molar-refractivity contribution in [1.82, 2.24) is 4.31 Å². The van der Waals surface area contributed by atoms with Gasteiger partial charge in [0.05, 0.1) is 0 Å². The highest BCUT2D eigenvalue weighted by Crippen LogP contribution is 2.30. The lowest BCUT2D eigenvalue weighted by Gasteiger charge is -2.37. The van der Waals surface area contributed by atoms with Crippen molar-refractivity contribution in [3.8, 4) is 0 Å². The molecule has 1 saturated heterocycles. The van der Waals surface area contributed by atoms with E-state index in [0.717, 1.165) is 10.7 Å². The van der Waals surface area contributed by atoms with Crippen LogP contribution in [0.5, 0.6) is 0 Å². The maximum Gasteiger partial charge on any atom is 0.350 e. The summed E-state index contributed by atoms with van der Waals surface area (Å²) in [6.45, 7) is 10.3. The van der Waals surface area contributed by atoms with Crippen LogP contribution in [0, 0.1) is 17.8 Å². The largest absolute Gasteiger partial charge is 0.350 e. The minimum Gasteiger partial charge on any atom is -0.206 e. The molecular formula is C12H25F2NO2S. The van der Waals surface area contributed by atoms with E-state index in [0.29, 0.717) is 5.92 Å². The van der Waals surface area contributed by atoms with Gasteiger partial charge < -0.3 is 0 Å². The fraction of sp³-hybridized carbons (Fsp3) is 1.00. The number of halogens is 2. The molecule has 0 N–H and O–H groups in total. The zero-order valence-electron chi connectivity index (χ0n) is 11.9. The molecule has 6 heteroatoms. The summed E-state index contributed by atoms with van der Waals surface area (Å²) < 4.78 is 48.6. The van der Waals surface area contributed by atoms with Gasteiger partial charge in [0.25, 0.3) is 10.0 Å². The molecule has 0 amide bonds. The molecule has 3 nitrogen and oxygen atoms in total. The average Bonchev–Trinajstić information content (AvgIpc) is 2.30. The first-order chi connectivity index (χ1) is 8.25. The van der Waals surface area contributed by atoms with E-state index >= 15 is 0 Å². The van der Waals surface area contributed by atoms with Gasteiger partial charge in [0.1, 0.15) is 0 Å². The molecule has 18 heavy (non-hydrogen) atoms. The molecule has 0 aromatic carbocycles. The maximum atomic E-state index is 12.4. The number of piperidine rings is 1. The van der Waals surface area contributed by atoms with E-state index in [1.165, 1.54) is 0 Å².